The second-order valence-corrected chi connectivity index (χ2v) is 4.89. The number of rotatable bonds is 6. The van der Waals surface area contributed by atoms with Gasteiger partial charge in [-0.15, -0.1) is 0 Å². The molecule has 0 spiro atoms. The number of aliphatic hydroxyl groups is 2. The van der Waals surface area contributed by atoms with Crippen LogP contribution in [0.25, 0.3) is 11.1 Å². The van der Waals surface area contributed by atoms with Gasteiger partial charge in [0.2, 0.25) is 0 Å². The lowest BCUT2D eigenvalue weighted by atomic mass is 10.1. The highest BCUT2D eigenvalue weighted by molar-refractivity contribution is 6.22. The van der Waals surface area contributed by atoms with Gasteiger partial charge in [-0.1, -0.05) is 0 Å². The second kappa shape index (κ2) is 6.17. The molecular weight excluding hydrogens is 284 g/mol. The molecule has 0 unspecified atom stereocenters. The zero-order chi connectivity index (χ0) is 15.5. The fraction of sp³-hybridized carbons (Fsp3) is 0.235. The lowest BCUT2D eigenvalue weighted by Gasteiger charge is -2.06. The van der Waals surface area contributed by atoms with Gasteiger partial charge in [-0.25, -0.2) is 0 Å². The third-order valence-corrected chi connectivity index (χ3v) is 3.48. The monoisotopic (exact) mass is 300 g/mol. The van der Waals surface area contributed by atoms with Gasteiger partial charge in [0, 0.05) is 11.1 Å². The van der Waals surface area contributed by atoms with Crippen LogP contribution < -0.4 is 9.47 Å². The Kier molecular flexibility index (Phi) is 4.09. The molecule has 114 valence electrons. The van der Waals surface area contributed by atoms with Gasteiger partial charge in [0.1, 0.15) is 24.7 Å². The van der Waals surface area contributed by atoms with Gasteiger partial charge >= 0.3 is 0 Å². The van der Waals surface area contributed by atoms with Gasteiger partial charge in [0.15, 0.2) is 5.78 Å². The van der Waals surface area contributed by atoms with Gasteiger partial charge < -0.3 is 19.7 Å². The molecular formula is C17H16O5. The summed E-state index contributed by atoms with van der Waals surface area (Å²) in [6, 6.07) is 10.7. The van der Waals surface area contributed by atoms with Crippen molar-refractivity contribution in [1.82, 2.24) is 0 Å². The van der Waals surface area contributed by atoms with Crippen molar-refractivity contribution in [2.75, 3.05) is 26.4 Å². The molecule has 1 aliphatic carbocycles. The van der Waals surface area contributed by atoms with Crippen molar-refractivity contribution in [2.24, 2.45) is 0 Å². The van der Waals surface area contributed by atoms with E-state index in [4.69, 9.17) is 19.7 Å². The quantitative estimate of drug-likeness (QED) is 0.724. The predicted octanol–water partition coefficient (Wildman–Crippen LogP) is 1.64. The van der Waals surface area contributed by atoms with Crippen molar-refractivity contribution in [3.63, 3.8) is 0 Å². The highest BCUT2D eigenvalue weighted by Crippen LogP contribution is 2.39. The second-order valence-electron chi connectivity index (χ2n) is 4.89. The van der Waals surface area contributed by atoms with Gasteiger partial charge in [0.25, 0.3) is 0 Å². The first-order valence-corrected chi connectivity index (χ1v) is 7.05. The van der Waals surface area contributed by atoms with Crippen LogP contribution >= 0.6 is 0 Å². The number of ketones is 1. The molecule has 2 aromatic rings. The molecule has 0 amide bonds. The Morgan fingerprint density at radius 1 is 0.727 bits per heavy atom. The third-order valence-electron chi connectivity index (χ3n) is 3.48. The van der Waals surface area contributed by atoms with Crippen LogP contribution in [-0.2, 0) is 0 Å². The smallest absolute Gasteiger partial charge is 0.194 e. The molecule has 0 heterocycles. The van der Waals surface area contributed by atoms with E-state index in [0.29, 0.717) is 22.6 Å². The lowest BCUT2D eigenvalue weighted by Crippen LogP contribution is -2.03. The van der Waals surface area contributed by atoms with Crippen molar-refractivity contribution in [3.05, 3.63) is 47.5 Å². The molecule has 0 bridgehead atoms. The van der Waals surface area contributed by atoms with Crippen molar-refractivity contribution < 1.29 is 24.5 Å². The molecule has 5 nitrogen and oxygen atoms in total. The van der Waals surface area contributed by atoms with E-state index in [1.165, 1.54) is 0 Å². The standard InChI is InChI=1S/C17H16O5/c18-5-7-21-11-1-3-13-14-4-2-12(22-8-6-19)10-16(14)17(20)15(13)9-11/h1-4,9-10,18-19H,5-8H2. The van der Waals surface area contributed by atoms with Crippen molar-refractivity contribution in [2.45, 2.75) is 0 Å². The summed E-state index contributed by atoms with van der Waals surface area (Å²) in [5.41, 5.74) is 2.91. The number of hydrogen-bond acceptors (Lipinski definition) is 5. The Bertz CT molecular complexity index is 649. The zero-order valence-electron chi connectivity index (χ0n) is 11.9. The first-order chi connectivity index (χ1) is 10.7. The van der Waals surface area contributed by atoms with Gasteiger partial charge in [-0.05, 0) is 47.5 Å². The van der Waals surface area contributed by atoms with Gasteiger partial charge in [-0.2, -0.15) is 0 Å². The molecule has 0 radical (unpaired) electrons. The summed E-state index contributed by atoms with van der Waals surface area (Å²) in [5, 5.41) is 17.6. The van der Waals surface area contributed by atoms with Crippen LogP contribution in [0.2, 0.25) is 0 Å². The molecule has 5 heteroatoms. The summed E-state index contributed by atoms with van der Waals surface area (Å²) in [6.07, 6.45) is 0. The largest absolute Gasteiger partial charge is 0.491 e. The molecule has 0 aliphatic heterocycles. The summed E-state index contributed by atoms with van der Waals surface area (Å²) < 4.78 is 10.7. The summed E-state index contributed by atoms with van der Waals surface area (Å²) in [5.74, 6) is 1.05. The Labute approximate surface area is 127 Å². The van der Waals surface area contributed by atoms with Crippen molar-refractivity contribution in [3.8, 4) is 22.6 Å². The molecule has 0 atom stereocenters. The van der Waals surface area contributed by atoms with Crippen LogP contribution in [0.4, 0.5) is 0 Å². The number of ether oxygens (including phenoxy) is 2. The molecule has 1 aliphatic rings. The van der Waals surface area contributed by atoms with E-state index in [2.05, 4.69) is 0 Å². The topological polar surface area (TPSA) is 76.0 Å². The molecule has 22 heavy (non-hydrogen) atoms. The Hall–Kier alpha value is -2.37. The minimum absolute atomic E-state index is 0.0726. The first kappa shape index (κ1) is 14.6. The maximum Gasteiger partial charge on any atom is 0.194 e. The third kappa shape index (κ3) is 2.56. The average molecular weight is 300 g/mol. The van der Waals surface area contributed by atoms with Crippen LogP contribution in [0.5, 0.6) is 11.5 Å². The normalized spacial score (nSPS) is 12.0. The van der Waals surface area contributed by atoms with E-state index in [1.807, 2.05) is 12.1 Å². The fourth-order valence-corrected chi connectivity index (χ4v) is 2.54. The Balaban J connectivity index is 1.93. The van der Waals surface area contributed by atoms with Crippen LogP contribution in [0, 0.1) is 0 Å². The van der Waals surface area contributed by atoms with E-state index < -0.39 is 0 Å². The molecule has 3 rings (SSSR count). The van der Waals surface area contributed by atoms with Crippen LogP contribution in [0.3, 0.4) is 0 Å². The number of carbonyl (C=O) groups excluding carboxylic acids is 1. The number of carbonyl (C=O) groups is 1. The number of hydrogen-bond donors (Lipinski definition) is 2. The summed E-state index contributed by atoms with van der Waals surface area (Å²) in [4.78, 5) is 12.5. The van der Waals surface area contributed by atoms with E-state index in [1.54, 1.807) is 24.3 Å². The van der Waals surface area contributed by atoms with E-state index in [0.717, 1.165) is 11.1 Å². The van der Waals surface area contributed by atoms with Crippen LogP contribution in [0.1, 0.15) is 15.9 Å². The molecule has 2 aromatic carbocycles. The lowest BCUT2D eigenvalue weighted by molar-refractivity contribution is 0.104. The highest BCUT2D eigenvalue weighted by atomic mass is 16.5. The fourth-order valence-electron chi connectivity index (χ4n) is 2.54. The van der Waals surface area contributed by atoms with E-state index in [-0.39, 0.29) is 32.2 Å². The average Bonchev–Trinajstić information content (AvgIpc) is 2.83. The number of fused-ring (bicyclic) bond motifs is 3. The maximum absolute atomic E-state index is 12.5. The Morgan fingerprint density at radius 2 is 1.18 bits per heavy atom. The molecule has 0 saturated heterocycles. The zero-order valence-corrected chi connectivity index (χ0v) is 11.9. The van der Waals surface area contributed by atoms with Crippen molar-refractivity contribution in [1.29, 1.82) is 0 Å². The van der Waals surface area contributed by atoms with E-state index in [9.17, 15) is 4.79 Å². The summed E-state index contributed by atoms with van der Waals surface area (Å²) in [6.45, 7) is 0.242. The highest BCUT2D eigenvalue weighted by Gasteiger charge is 2.27. The molecule has 2 N–H and O–H groups in total. The van der Waals surface area contributed by atoms with Crippen LogP contribution in [-0.4, -0.2) is 42.4 Å². The molecule has 0 saturated carbocycles. The first-order valence-electron chi connectivity index (χ1n) is 7.05. The molecule has 0 fully saturated rings. The number of benzene rings is 2. The van der Waals surface area contributed by atoms with Gasteiger partial charge in [-0.3, -0.25) is 4.79 Å². The minimum Gasteiger partial charge on any atom is -0.491 e. The van der Waals surface area contributed by atoms with Crippen molar-refractivity contribution >= 4 is 5.78 Å². The molecule has 0 aromatic heterocycles. The summed E-state index contributed by atoms with van der Waals surface area (Å²) >= 11 is 0. The predicted molar refractivity (Wildman–Crippen MR) is 80.5 cm³/mol. The van der Waals surface area contributed by atoms with Gasteiger partial charge in [0.05, 0.1) is 13.2 Å². The Morgan fingerprint density at radius 3 is 1.59 bits per heavy atom. The number of aliphatic hydroxyl groups excluding tert-OH is 2. The van der Waals surface area contributed by atoms with E-state index >= 15 is 0 Å². The SMILES string of the molecule is O=C1c2cc(OCCO)ccc2-c2ccc(OCCO)cc21. The summed E-state index contributed by atoms with van der Waals surface area (Å²) in [7, 11) is 0. The van der Waals surface area contributed by atoms with Crippen LogP contribution in [0.15, 0.2) is 36.4 Å². The minimum atomic E-state index is -0.0751. The maximum atomic E-state index is 12.5.